The molecule has 2 N–H and O–H groups in total. The molecule has 0 spiro atoms. The lowest BCUT2D eigenvalue weighted by Gasteiger charge is -2.26. The van der Waals surface area contributed by atoms with Gasteiger partial charge in [-0.2, -0.15) is 0 Å². The van der Waals surface area contributed by atoms with E-state index in [2.05, 4.69) is 0 Å². The summed E-state index contributed by atoms with van der Waals surface area (Å²) >= 11 is 0. The van der Waals surface area contributed by atoms with Gasteiger partial charge in [0.15, 0.2) is 6.10 Å². The van der Waals surface area contributed by atoms with Crippen LogP contribution in [0.1, 0.15) is 37.5 Å². The van der Waals surface area contributed by atoms with Crippen molar-refractivity contribution in [1.82, 2.24) is 0 Å². The van der Waals surface area contributed by atoms with E-state index in [9.17, 15) is 14.4 Å². The summed E-state index contributed by atoms with van der Waals surface area (Å²) in [6, 6.07) is 25.0. The Morgan fingerprint density at radius 1 is 0.647 bits per heavy atom. The molecule has 3 aromatic carbocycles. The highest BCUT2D eigenvalue weighted by Crippen LogP contribution is 2.32. The molecule has 174 valence electrons. The monoisotopic (exact) mass is 459 g/mol. The summed E-state index contributed by atoms with van der Waals surface area (Å²) < 4.78 is 17.0. The van der Waals surface area contributed by atoms with Crippen molar-refractivity contribution < 1.29 is 28.6 Å². The SMILES string of the molecule is N[C@@H]1C[C@H](COC(=O)c2ccccc2)C(OC(=O)c2ccccc2)C1OC(=O)c1ccccc1. The van der Waals surface area contributed by atoms with Gasteiger partial charge in [0.2, 0.25) is 0 Å². The zero-order valence-electron chi connectivity index (χ0n) is 18.4. The average molecular weight is 459 g/mol. The minimum Gasteiger partial charge on any atom is -0.462 e. The van der Waals surface area contributed by atoms with Gasteiger partial charge in [0.25, 0.3) is 0 Å². The third kappa shape index (κ3) is 5.50. The molecule has 4 atom stereocenters. The first-order valence-electron chi connectivity index (χ1n) is 11.0. The lowest BCUT2D eigenvalue weighted by atomic mass is 10.1. The molecule has 0 radical (unpaired) electrons. The van der Waals surface area contributed by atoms with Crippen LogP contribution in [0.2, 0.25) is 0 Å². The minimum atomic E-state index is -0.888. The van der Waals surface area contributed by atoms with Gasteiger partial charge in [0.1, 0.15) is 6.10 Å². The van der Waals surface area contributed by atoms with E-state index in [0.717, 1.165) is 0 Å². The Hall–Kier alpha value is -3.97. The van der Waals surface area contributed by atoms with E-state index in [1.54, 1.807) is 91.0 Å². The molecule has 1 aliphatic carbocycles. The summed E-state index contributed by atoms with van der Waals surface area (Å²) in [4.78, 5) is 37.9. The number of carbonyl (C=O) groups excluding carboxylic acids is 3. The van der Waals surface area contributed by atoms with Crippen LogP contribution in [0.4, 0.5) is 0 Å². The number of hydrogen-bond donors (Lipinski definition) is 1. The van der Waals surface area contributed by atoms with Crippen molar-refractivity contribution in [3.8, 4) is 0 Å². The summed E-state index contributed by atoms with van der Waals surface area (Å²) in [5.41, 5.74) is 7.44. The Balaban J connectivity index is 1.51. The molecule has 0 aliphatic heterocycles. The van der Waals surface area contributed by atoms with E-state index in [1.165, 1.54) is 0 Å². The highest BCUT2D eigenvalue weighted by Gasteiger charge is 2.47. The second kappa shape index (κ2) is 10.8. The number of rotatable bonds is 7. The fourth-order valence-corrected chi connectivity index (χ4v) is 3.98. The van der Waals surface area contributed by atoms with Gasteiger partial charge in [-0.05, 0) is 42.8 Å². The average Bonchev–Trinajstić information content (AvgIpc) is 3.17. The fraction of sp³-hybridized carbons (Fsp3) is 0.222. The van der Waals surface area contributed by atoms with Gasteiger partial charge in [0, 0.05) is 12.0 Å². The molecule has 1 saturated carbocycles. The van der Waals surface area contributed by atoms with Crippen molar-refractivity contribution in [1.29, 1.82) is 0 Å². The molecule has 3 aromatic rings. The molecule has 7 nitrogen and oxygen atoms in total. The van der Waals surface area contributed by atoms with Crippen molar-refractivity contribution in [2.24, 2.45) is 11.7 Å². The number of carbonyl (C=O) groups is 3. The van der Waals surface area contributed by atoms with Gasteiger partial charge in [-0.1, -0.05) is 54.6 Å². The zero-order valence-corrected chi connectivity index (χ0v) is 18.4. The van der Waals surface area contributed by atoms with Crippen LogP contribution in [0.3, 0.4) is 0 Å². The van der Waals surface area contributed by atoms with Crippen LogP contribution < -0.4 is 5.73 Å². The summed E-state index contributed by atoms with van der Waals surface area (Å²) in [5.74, 6) is -2.07. The lowest BCUT2D eigenvalue weighted by Crippen LogP contribution is -2.42. The predicted molar refractivity (Wildman–Crippen MR) is 124 cm³/mol. The maximum Gasteiger partial charge on any atom is 0.338 e. The van der Waals surface area contributed by atoms with Crippen molar-refractivity contribution in [2.75, 3.05) is 6.61 Å². The second-order valence-electron chi connectivity index (χ2n) is 8.10. The van der Waals surface area contributed by atoms with E-state index in [4.69, 9.17) is 19.9 Å². The first-order chi connectivity index (χ1) is 16.5. The van der Waals surface area contributed by atoms with Crippen molar-refractivity contribution in [2.45, 2.75) is 24.7 Å². The maximum atomic E-state index is 12.8. The van der Waals surface area contributed by atoms with Crippen molar-refractivity contribution >= 4 is 17.9 Å². The quantitative estimate of drug-likeness (QED) is 0.425. The minimum absolute atomic E-state index is 0.0342. The van der Waals surface area contributed by atoms with Gasteiger partial charge in [-0.3, -0.25) is 0 Å². The van der Waals surface area contributed by atoms with Gasteiger partial charge in [-0.25, -0.2) is 14.4 Å². The summed E-state index contributed by atoms with van der Waals surface area (Å²) in [6.45, 7) is -0.0342. The smallest absolute Gasteiger partial charge is 0.338 e. The molecular formula is C27H25NO6. The van der Waals surface area contributed by atoms with Crippen LogP contribution in [-0.2, 0) is 14.2 Å². The first-order valence-corrected chi connectivity index (χ1v) is 11.0. The molecule has 4 rings (SSSR count). The predicted octanol–water partition coefficient (Wildman–Crippen LogP) is 3.64. The summed E-state index contributed by atoms with van der Waals surface area (Å²) in [6.07, 6.45) is -1.42. The molecule has 2 unspecified atom stereocenters. The highest BCUT2D eigenvalue weighted by molar-refractivity contribution is 5.91. The van der Waals surface area contributed by atoms with Crippen LogP contribution in [0.25, 0.3) is 0 Å². The molecule has 34 heavy (non-hydrogen) atoms. The van der Waals surface area contributed by atoms with Crippen LogP contribution in [0.5, 0.6) is 0 Å². The Labute approximate surface area is 197 Å². The van der Waals surface area contributed by atoms with E-state index in [1.807, 2.05) is 0 Å². The number of esters is 3. The fourth-order valence-electron chi connectivity index (χ4n) is 3.98. The largest absolute Gasteiger partial charge is 0.462 e. The Morgan fingerprint density at radius 3 is 1.53 bits per heavy atom. The Bertz CT molecular complexity index is 1120. The van der Waals surface area contributed by atoms with Gasteiger partial charge in [-0.15, -0.1) is 0 Å². The van der Waals surface area contributed by atoms with Gasteiger partial charge in [0.05, 0.1) is 23.3 Å². The van der Waals surface area contributed by atoms with Crippen molar-refractivity contribution in [3.05, 3.63) is 108 Å². The van der Waals surface area contributed by atoms with Gasteiger partial charge >= 0.3 is 17.9 Å². The highest BCUT2D eigenvalue weighted by atomic mass is 16.6. The third-order valence-electron chi connectivity index (χ3n) is 5.73. The number of ether oxygens (including phenoxy) is 3. The normalized spacial score (nSPS) is 21.4. The Morgan fingerprint density at radius 2 is 1.06 bits per heavy atom. The molecule has 0 aromatic heterocycles. The second-order valence-corrected chi connectivity index (χ2v) is 8.10. The Kier molecular flexibility index (Phi) is 7.34. The van der Waals surface area contributed by atoms with Crippen LogP contribution in [-0.4, -0.2) is 42.8 Å². The molecule has 0 bridgehead atoms. The van der Waals surface area contributed by atoms with E-state index in [0.29, 0.717) is 23.1 Å². The summed E-state index contributed by atoms with van der Waals surface area (Å²) in [5, 5.41) is 0. The third-order valence-corrected chi connectivity index (χ3v) is 5.73. The van der Waals surface area contributed by atoms with E-state index >= 15 is 0 Å². The van der Waals surface area contributed by atoms with Crippen LogP contribution in [0, 0.1) is 5.92 Å². The van der Waals surface area contributed by atoms with E-state index < -0.39 is 42.1 Å². The standard InChI is InChI=1S/C27H25NO6/c28-22-16-21(17-32-25(29)18-10-4-1-5-11-18)23(33-26(30)19-12-6-2-7-13-19)24(22)34-27(31)20-14-8-3-9-15-20/h1-15,21-24H,16-17,28H2/t21-,22-,23?,24?/m1/s1. The number of hydrogen-bond acceptors (Lipinski definition) is 7. The topological polar surface area (TPSA) is 105 Å². The van der Waals surface area contributed by atoms with E-state index in [-0.39, 0.29) is 6.61 Å². The number of benzene rings is 3. The molecule has 0 heterocycles. The molecular weight excluding hydrogens is 434 g/mol. The zero-order chi connectivity index (χ0) is 23.9. The molecule has 1 fully saturated rings. The van der Waals surface area contributed by atoms with Gasteiger partial charge < -0.3 is 19.9 Å². The maximum absolute atomic E-state index is 12.8. The molecule has 1 aliphatic rings. The molecule has 0 amide bonds. The molecule has 0 saturated heterocycles. The molecule has 7 heteroatoms. The summed E-state index contributed by atoms with van der Waals surface area (Å²) in [7, 11) is 0. The lowest BCUT2D eigenvalue weighted by molar-refractivity contribution is -0.0454. The van der Waals surface area contributed by atoms with Crippen LogP contribution >= 0.6 is 0 Å². The first kappa shape index (κ1) is 23.2. The number of nitrogens with two attached hydrogens (primary N) is 1. The van der Waals surface area contributed by atoms with Crippen LogP contribution in [0.15, 0.2) is 91.0 Å². The van der Waals surface area contributed by atoms with Crippen molar-refractivity contribution in [3.63, 3.8) is 0 Å².